The summed E-state index contributed by atoms with van der Waals surface area (Å²) in [6.07, 6.45) is 3.32. The average molecular weight is 428 g/mol. The van der Waals surface area contributed by atoms with Gasteiger partial charge in [0, 0.05) is 17.8 Å². The molecule has 1 atom stereocenters. The van der Waals surface area contributed by atoms with Gasteiger partial charge in [-0.25, -0.2) is 4.98 Å². The SMILES string of the molecule is C[C@@H](CCc1ccccc1)NC(=O)c1ccc(Cn2c(=O)c(=O)[nH]c3cccnc32)cc1. The third-order valence-corrected chi connectivity index (χ3v) is 5.37. The van der Waals surface area contributed by atoms with Gasteiger partial charge in [-0.15, -0.1) is 0 Å². The molecule has 0 spiro atoms. The second-order valence-corrected chi connectivity index (χ2v) is 7.82. The Kier molecular flexibility index (Phi) is 6.26. The first-order valence-corrected chi connectivity index (χ1v) is 10.5. The van der Waals surface area contributed by atoms with E-state index < -0.39 is 11.1 Å². The molecule has 0 fully saturated rings. The summed E-state index contributed by atoms with van der Waals surface area (Å²) in [5.74, 6) is -0.141. The predicted molar refractivity (Wildman–Crippen MR) is 124 cm³/mol. The van der Waals surface area contributed by atoms with E-state index in [1.165, 1.54) is 10.1 Å². The van der Waals surface area contributed by atoms with Crippen LogP contribution in [0.1, 0.15) is 34.8 Å². The van der Waals surface area contributed by atoms with Crippen LogP contribution in [0.25, 0.3) is 11.2 Å². The van der Waals surface area contributed by atoms with Crippen LogP contribution in [-0.2, 0) is 13.0 Å². The zero-order chi connectivity index (χ0) is 22.5. The zero-order valence-electron chi connectivity index (χ0n) is 17.7. The van der Waals surface area contributed by atoms with Crippen molar-refractivity contribution in [2.75, 3.05) is 0 Å². The minimum atomic E-state index is -0.689. The first-order valence-electron chi connectivity index (χ1n) is 10.5. The van der Waals surface area contributed by atoms with E-state index in [4.69, 9.17) is 0 Å². The zero-order valence-corrected chi connectivity index (χ0v) is 17.7. The standard InChI is InChI=1S/C25H24N4O3/c1-17(9-10-18-6-3-2-4-7-18)27-23(30)20-13-11-19(12-14-20)16-29-22-21(8-5-15-26-22)28-24(31)25(29)32/h2-8,11-15,17H,9-10,16H2,1H3,(H,27,30)(H,28,31)/t17-/m0/s1. The fourth-order valence-corrected chi connectivity index (χ4v) is 3.60. The Morgan fingerprint density at radius 3 is 2.50 bits per heavy atom. The van der Waals surface area contributed by atoms with Crippen LogP contribution in [0.2, 0.25) is 0 Å². The first kappa shape index (κ1) is 21.2. The molecule has 7 nitrogen and oxygen atoms in total. The lowest BCUT2D eigenvalue weighted by Gasteiger charge is -2.14. The van der Waals surface area contributed by atoms with Gasteiger partial charge in [-0.2, -0.15) is 0 Å². The van der Waals surface area contributed by atoms with Crippen molar-refractivity contribution in [2.24, 2.45) is 0 Å². The lowest BCUT2D eigenvalue weighted by atomic mass is 10.1. The highest BCUT2D eigenvalue weighted by molar-refractivity contribution is 5.94. The van der Waals surface area contributed by atoms with Crippen LogP contribution in [-0.4, -0.2) is 26.5 Å². The van der Waals surface area contributed by atoms with Gasteiger partial charge in [0.2, 0.25) is 0 Å². The second-order valence-electron chi connectivity index (χ2n) is 7.82. The van der Waals surface area contributed by atoms with E-state index in [9.17, 15) is 14.4 Å². The van der Waals surface area contributed by atoms with Gasteiger partial charge < -0.3 is 10.3 Å². The van der Waals surface area contributed by atoms with Crippen LogP contribution in [0, 0.1) is 0 Å². The fraction of sp³-hybridized carbons (Fsp3) is 0.200. The smallest absolute Gasteiger partial charge is 0.318 e. The highest BCUT2D eigenvalue weighted by Crippen LogP contribution is 2.10. The number of amides is 1. The van der Waals surface area contributed by atoms with Crippen LogP contribution in [0.3, 0.4) is 0 Å². The Morgan fingerprint density at radius 2 is 1.75 bits per heavy atom. The topological polar surface area (TPSA) is 96.9 Å². The minimum absolute atomic E-state index is 0.0365. The van der Waals surface area contributed by atoms with Crippen molar-refractivity contribution in [3.63, 3.8) is 0 Å². The van der Waals surface area contributed by atoms with Crippen molar-refractivity contribution < 1.29 is 4.79 Å². The van der Waals surface area contributed by atoms with E-state index in [2.05, 4.69) is 27.4 Å². The summed E-state index contributed by atoms with van der Waals surface area (Å²) in [6.45, 7) is 2.18. The largest absolute Gasteiger partial charge is 0.350 e. The molecule has 0 radical (unpaired) electrons. The van der Waals surface area contributed by atoms with E-state index >= 15 is 0 Å². The predicted octanol–water partition coefficient (Wildman–Crippen LogP) is 2.88. The quantitative estimate of drug-likeness (QED) is 0.443. The molecule has 0 aliphatic carbocycles. The number of carbonyl (C=O) groups excluding carboxylic acids is 1. The van der Waals surface area contributed by atoms with Gasteiger partial charge in [0.25, 0.3) is 5.91 Å². The number of rotatable bonds is 7. The maximum Gasteiger partial charge on any atom is 0.318 e. The van der Waals surface area contributed by atoms with Crippen molar-refractivity contribution in [1.82, 2.24) is 19.9 Å². The maximum absolute atomic E-state index is 12.6. The number of nitrogens with zero attached hydrogens (tertiary/aromatic N) is 2. The number of aromatic amines is 1. The molecule has 4 rings (SSSR count). The van der Waals surface area contributed by atoms with Crippen LogP contribution < -0.4 is 16.4 Å². The molecule has 2 N–H and O–H groups in total. The number of H-pyrrole nitrogens is 1. The average Bonchev–Trinajstić information content (AvgIpc) is 2.81. The third-order valence-electron chi connectivity index (χ3n) is 5.37. The molecular formula is C25H24N4O3. The monoisotopic (exact) mass is 428 g/mol. The van der Waals surface area contributed by atoms with E-state index in [1.54, 1.807) is 42.6 Å². The molecule has 0 saturated carbocycles. The molecule has 32 heavy (non-hydrogen) atoms. The van der Waals surface area contributed by atoms with Crippen molar-refractivity contribution in [3.05, 3.63) is 110 Å². The number of fused-ring (bicyclic) bond motifs is 1. The summed E-state index contributed by atoms with van der Waals surface area (Å²) in [4.78, 5) is 43.7. The van der Waals surface area contributed by atoms with Gasteiger partial charge in [-0.05, 0) is 55.2 Å². The Morgan fingerprint density at radius 1 is 1.00 bits per heavy atom. The highest BCUT2D eigenvalue weighted by atomic mass is 16.2. The Balaban J connectivity index is 1.43. The van der Waals surface area contributed by atoms with E-state index in [0.29, 0.717) is 16.7 Å². The van der Waals surface area contributed by atoms with Gasteiger partial charge in [0.15, 0.2) is 5.65 Å². The Bertz CT molecular complexity index is 1340. The number of aromatic nitrogens is 3. The normalized spacial score (nSPS) is 11.9. The summed E-state index contributed by atoms with van der Waals surface area (Å²) < 4.78 is 1.34. The van der Waals surface area contributed by atoms with Crippen molar-refractivity contribution in [3.8, 4) is 0 Å². The van der Waals surface area contributed by atoms with Crippen LogP contribution in [0.5, 0.6) is 0 Å². The number of carbonyl (C=O) groups is 1. The summed E-state index contributed by atoms with van der Waals surface area (Å²) in [5, 5.41) is 3.03. The lowest BCUT2D eigenvalue weighted by molar-refractivity contribution is 0.0938. The lowest BCUT2D eigenvalue weighted by Crippen LogP contribution is -2.37. The van der Waals surface area contributed by atoms with Gasteiger partial charge in [0.05, 0.1) is 12.1 Å². The molecule has 0 saturated heterocycles. The molecule has 162 valence electrons. The van der Waals surface area contributed by atoms with Crippen LogP contribution in [0.4, 0.5) is 0 Å². The van der Waals surface area contributed by atoms with Crippen molar-refractivity contribution in [1.29, 1.82) is 0 Å². The minimum Gasteiger partial charge on any atom is -0.350 e. The molecule has 1 amide bonds. The van der Waals surface area contributed by atoms with Crippen molar-refractivity contribution in [2.45, 2.75) is 32.4 Å². The first-order chi connectivity index (χ1) is 15.5. The number of pyridine rings is 1. The van der Waals surface area contributed by atoms with Gasteiger partial charge in [-0.3, -0.25) is 19.0 Å². The van der Waals surface area contributed by atoms with E-state index in [0.717, 1.165) is 18.4 Å². The molecule has 0 bridgehead atoms. The van der Waals surface area contributed by atoms with Crippen LogP contribution in [0.15, 0.2) is 82.5 Å². The molecular weight excluding hydrogens is 404 g/mol. The molecule has 2 aromatic carbocycles. The molecule has 0 aliphatic heterocycles. The molecule has 4 aromatic rings. The van der Waals surface area contributed by atoms with E-state index in [1.807, 2.05) is 25.1 Å². The maximum atomic E-state index is 12.6. The van der Waals surface area contributed by atoms with Gasteiger partial charge in [0.1, 0.15) is 0 Å². The molecule has 0 unspecified atom stereocenters. The number of hydrogen-bond donors (Lipinski definition) is 2. The summed E-state index contributed by atoms with van der Waals surface area (Å²) in [5.41, 5.74) is 2.13. The molecule has 0 aliphatic rings. The molecule has 7 heteroatoms. The number of aryl methyl sites for hydroxylation is 1. The number of hydrogen-bond acceptors (Lipinski definition) is 4. The highest BCUT2D eigenvalue weighted by Gasteiger charge is 2.12. The number of benzene rings is 2. The van der Waals surface area contributed by atoms with E-state index in [-0.39, 0.29) is 18.5 Å². The van der Waals surface area contributed by atoms with Gasteiger partial charge >= 0.3 is 11.1 Å². The molecule has 2 aromatic heterocycles. The Labute approximate surface area is 184 Å². The Hall–Kier alpha value is -4.00. The fourth-order valence-electron chi connectivity index (χ4n) is 3.60. The van der Waals surface area contributed by atoms with Gasteiger partial charge in [-0.1, -0.05) is 42.5 Å². The number of nitrogens with one attached hydrogen (secondary N) is 2. The third kappa shape index (κ3) is 4.83. The van der Waals surface area contributed by atoms with Crippen LogP contribution >= 0.6 is 0 Å². The molecule has 2 heterocycles. The summed E-state index contributed by atoms with van der Waals surface area (Å²) in [6, 6.07) is 20.6. The van der Waals surface area contributed by atoms with Crippen molar-refractivity contribution >= 4 is 17.1 Å². The second kappa shape index (κ2) is 9.43. The summed E-state index contributed by atoms with van der Waals surface area (Å²) in [7, 11) is 0. The summed E-state index contributed by atoms with van der Waals surface area (Å²) >= 11 is 0.